The molecule has 1 aliphatic carbocycles. The standard InChI is InChI=1S/C7H10NO/c9-7-5-2-1-3-6(4-5)8-7/h6H,1-4H2,(H,8,9). The first-order chi connectivity index (χ1) is 4.36. The average Bonchev–Trinajstić information content (AvgIpc) is 2.09. The predicted molar refractivity (Wildman–Crippen MR) is 33.6 cm³/mol. The normalized spacial score (nSPS) is 34.7. The molecule has 2 fully saturated rings. The van der Waals surface area contributed by atoms with Crippen LogP contribution < -0.4 is 5.32 Å². The van der Waals surface area contributed by atoms with Crippen molar-refractivity contribution >= 4 is 5.91 Å². The fourth-order valence-electron chi connectivity index (χ4n) is 1.68. The van der Waals surface area contributed by atoms with Crippen LogP contribution in [0.2, 0.25) is 0 Å². The summed E-state index contributed by atoms with van der Waals surface area (Å²) in [6, 6.07) is 0.501. The van der Waals surface area contributed by atoms with E-state index >= 15 is 0 Å². The van der Waals surface area contributed by atoms with E-state index in [-0.39, 0.29) is 5.91 Å². The second-order valence-corrected chi connectivity index (χ2v) is 2.87. The molecule has 1 heterocycles. The van der Waals surface area contributed by atoms with Crippen molar-refractivity contribution in [2.24, 2.45) is 0 Å². The Morgan fingerprint density at radius 3 is 3.11 bits per heavy atom. The Kier molecular flexibility index (Phi) is 1.01. The Bertz CT molecular complexity index is 144. The van der Waals surface area contributed by atoms with Crippen molar-refractivity contribution in [2.45, 2.75) is 31.7 Å². The van der Waals surface area contributed by atoms with Gasteiger partial charge in [0.1, 0.15) is 0 Å². The fourth-order valence-corrected chi connectivity index (χ4v) is 1.68. The molecule has 1 unspecified atom stereocenters. The second kappa shape index (κ2) is 1.72. The number of rotatable bonds is 0. The van der Waals surface area contributed by atoms with Crippen LogP contribution in [0.4, 0.5) is 0 Å². The Morgan fingerprint density at radius 2 is 2.44 bits per heavy atom. The summed E-state index contributed by atoms with van der Waals surface area (Å²) in [5.41, 5.74) is 0. The van der Waals surface area contributed by atoms with Gasteiger partial charge >= 0.3 is 0 Å². The molecule has 1 N–H and O–H groups in total. The summed E-state index contributed by atoms with van der Waals surface area (Å²) in [6.07, 6.45) is 4.47. The van der Waals surface area contributed by atoms with E-state index in [0.717, 1.165) is 18.8 Å². The molecular formula is C7H10NO. The highest BCUT2D eigenvalue weighted by atomic mass is 16.2. The molecule has 2 aliphatic rings. The molecule has 2 bridgehead atoms. The topological polar surface area (TPSA) is 29.1 Å². The van der Waals surface area contributed by atoms with E-state index in [1.54, 1.807) is 0 Å². The van der Waals surface area contributed by atoms with Gasteiger partial charge in [-0.15, -0.1) is 0 Å². The first-order valence-corrected chi connectivity index (χ1v) is 3.52. The van der Waals surface area contributed by atoms with Crippen molar-refractivity contribution in [1.82, 2.24) is 5.32 Å². The highest BCUT2D eigenvalue weighted by Gasteiger charge is 2.35. The summed E-state index contributed by atoms with van der Waals surface area (Å²) in [5, 5.41) is 2.94. The number of amides is 1. The summed E-state index contributed by atoms with van der Waals surface area (Å²) < 4.78 is 0. The Labute approximate surface area is 54.6 Å². The third kappa shape index (κ3) is 0.732. The van der Waals surface area contributed by atoms with E-state index in [9.17, 15) is 4.79 Å². The average molecular weight is 124 g/mol. The number of fused-ring (bicyclic) bond motifs is 2. The van der Waals surface area contributed by atoms with Gasteiger partial charge in [0.05, 0.1) is 5.92 Å². The van der Waals surface area contributed by atoms with Crippen LogP contribution >= 0.6 is 0 Å². The van der Waals surface area contributed by atoms with E-state index in [0.29, 0.717) is 6.04 Å². The van der Waals surface area contributed by atoms with Gasteiger partial charge in [-0.05, 0) is 19.3 Å². The largest absolute Gasteiger partial charge is 0.353 e. The molecule has 0 aromatic rings. The highest BCUT2D eigenvalue weighted by molar-refractivity contribution is 5.92. The van der Waals surface area contributed by atoms with Crippen molar-refractivity contribution in [3.63, 3.8) is 0 Å². The molecular weight excluding hydrogens is 114 g/mol. The van der Waals surface area contributed by atoms with Crippen molar-refractivity contribution in [2.75, 3.05) is 0 Å². The van der Waals surface area contributed by atoms with Crippen molar-refractivity contribution in [3.8, 4) is 0 Å². The van der Waals surface area contributed by atoms with Gasteiger partial charge in [0.2, 0.25) is 5.91 Å². The highest BCUT2D eigenvalue weighted by Crippen LogP contribution is 2.31. The summed E-state index contributed by atoms with van der Waals surface area (Å²) in [7, 11) is 0. The maximum Gasteiger partial charge on any atom is 0.227 e. The monoisotopic (exact) mass is 124 g/mol. The van der Waals surface area contributed by atoms with Gasteiger partial charge in [-0.2, -0.15) is 0 Å². The van der Waals surface area contributed by atoms with Gasteiger partial charge < -0.3 is 5.32 Å². The molecule has 49 valence electrons. The van der Waals surface area contributed by atoms with Gasteiger partial charge in [-0.25, -0.2) is 0 Å². The second-order valence-electron chi connectivity index (χ2n) is 2.87. The first-order valence-electron chi connectivity index (χ1n) is 3.52. The van der Waals surface area contributed by atoms with E-state index in [2.05, 4.69) is 5.32 Å². The summed E-state index contributed by atoms with van der Waals surface area (Å²) >= 11 is 0. The van der Waals surface area contributed by atoms with E-state index in [1.165, 1.54) is 12.8 Å². The van der Waals surface area contributed by atoms with E-state index in [1.807, 2.05) is 0 Å². The van der Waals surface area contributed by atoms with Crippen molar-refractivity contribution in [3.05, 3.63) is 5.92 Å². The van der Waals surface area contributed by atoms with Crippen LogP contribution in [0.3, 0.4) is 0 Å². The van der Waals surface area contributed by atoms with Crippen molar-refractivity contribution < 1.29 is 4.79 Å². The third-order valence-corrected chi connectivity index (χ3v) is 2.18. The Morgan fingerprint density at radius 1 is 1.56 bits per heavy atom. The van der Waals surface area contributed by atoms with Gasteiger partial charge in [0.15, 0.2) is 0 Å². The molecule has 2 rings (SSSR count). The maximum atomic E-state index is 10.9. The maximum absolute atomic E-state index is 10.9. The smallest absolute Gasteiger partial charge is 0.227 e. The van der Waals surface area contributed by atoms with Gasteiger partial charge in [0.25, 0.3) is 0 Å². The van der Waals surface area contributed by atoms with Crippen LogP contribution in [0.1, 0.15) is 25.7 Å². The van der Waals surface area contributed by atoms with Crippen LogP contribution in [0.5, 0.6) is 0 Å². The molecule has 0 aromatic heterocycles. The lowest BCUT2D eigenvalue weighted by molar-refractivity contribution is -0.118. The third-order valence-electron chi connectivity index (χ3n) is 2.18. The summed E-state index contributed by atoms with van der Waals surface area (Å²) in [4.78, 5) is 10.9. The Hall–Kier alpha value is -0.530. The molecule has 1 radical (unpaired) electrons. The lowest BCUT2D eigenvalue weighted by Crippen LogP contribution is -2.23. The lowest BCUT2D eigenvalue weighted by atomic mass is 9.90. The van der Waals surface area contributed by atoms with Crippen molar-refractivity contribution in [1.29, 1.82) is 0 Å². The molecule has 1 aliphatic heterocycles. The molecule has 1 saturated carbocycles. The molecule has 1 atom stereocenters. The zero-order chi connectivity index (χ0) is 6.27. The Balaban J connectivity index is 2.15. The van der Waals surface area contributed by atoms with Crippen LogP contribution in [-0.2, 0) is 4.79 Å². The van der Waals surface area contributed by atoms with Gasteiger partial charge in [-0.3, -0.25) is 4.79 Å². The van der Waals surface area contributed by atoms with Crippen LogP contribution in [0.15, 0.2) is 0 Å². The van der Waals surface area contributed by atoms with Crippen LogP contribution in [0, 0.1) is 5.92 Å². The van der Waals surface area contributed by atoms with E-state index < -0.39 is 0 Å². The van der Waals surface area contributed by atoms with Crippen LogP contribution in [-0.4, -0.2) is 11.9 Å². The summed E-state index contributed by atoms with van der Waals surface area (Å²) in [5.74, 6) is 1.35. The zero-order valence-electron chi connectivity index (χ0n) is 5.31. The quantitative estimate of drug-likeness (QED) is 0.504. The molecule has 9 heavy (non-hydrogen) atoms. The number of carbonyl (C=O) groups is 1. The minimum atomic E-state index is 0.220. The molecule has 1 saturated heterocycles. The predicted octanol–water partition coefficient (Wildman–Crippen LogP) is 0.633. The minimum Gasteiger partial charge on any atom is -0.353 e. The van der Waals surface area contributed by atoms with Gasteiger partial charge in [-0.1, -0.05) is 6.42 Å². The zero-order valence-corrected chi connectivity index (χ0v) is 5.31. The number of carbonyl (C=O) groups excluding carboxylic acids is 1. The lowest BCUT2D eigenvalue weighted by Gasteiger charge is -2.13. The number of nitrogens with one attached hydrogen (secondary N) is 1. The molecule has 0 spiro atoms. The summed E-state index contributed by atoms with van der Waals surface area (Å²) in [6.45, 7) is 0. The minimum absolute atomic E-state index is 0.220. The van der Waals surface area contributed by atoms with E-state index in [4.69, 9.17) is 0 Å². The van der Waals surface area contributed by atoms with Gasteiger partial charge in [0, 0.05) is 6.04 Å². The first kappa shape index (κ1) is 5.27. The molecule has 1 amide bonds. The number of hydrogen-bond donors (Lipinski definition) is 1. The van der Waals surface area contributed by atoms with Crippen LogP contribution in [0.25, 0.3) is 0 Å². The fraction of sp³-hybridized carbons (Fsp3) is 0.714. The molecule has 2 nitrogen and oxygen atoms in total. The molecule has 0 aromatic carbocycles. The SMILES string of the molecule is O=C1NC2CCC[C]1C2. The molecule has 2 heteroatoms. The number of hydrogen-bond acceptors (Lipinski definition) is 1.